The number of carbonyl (C=O) groups is 1. The lowest BCUT2D eigenvalue weighted by molar-refractivity contribution is 0.103. The highest BCUT2D eigenvalue weighted by Crippen LogP contribution is 2.22. The highest BCUT2D eigenvalue weighted by Gasteiger charge is 2.16. The second-order valence-corrected chi connectivity index (χ2v) is 4.38. The Morgan fingerprint density at radius 2 is 1.45 bits per heavy atom. The number of hydrogen-bond donors (Lipinski definition) is 1. The van der Waals surface area contributed by atoms with Crippen LogP contribution in [0.25, 0.3) is 5.76 Å². The van der Waals surface area contributed by atoms with E-state index < -0.39 is 0 Å². The summed E-state index contributed by atoms with van der Waals surface area (Å²) in [6, 6.07) is 18.0. The van der Waals surface area contributed by atoms with Crippen LogP contribution in [0.2, 0.25) is 0 Å². The van der Waals surface area contributed by atoms with Crippen molar-refractivity contribution in [2.45, 2.75) is 6.42 Å². The lowest BCUT2D eigenvalue weighted by Gasteiger charge is -2.09. The third-order valence-electron chi connectivity index (χ3n) is 2.99. The van der Waals surface area contributed by atoms with E-state index in [1.54, 1.807) is 42.5 Å². The van der Waals surface area contributed by atoms with Gasteiger partial charge in [0.15, 0.2) is 5.78 Å². The molecule has 0 bridgehead atoms. The standard InChI is InChI=1S/C18H16O2/c1-2-9-16(17(19)14-10-5-3-6-11-14)18(20)15-12-7-4-8-13-15/h2-8,10-13,19H,1,9H2. The Morgan fingerprint density at radius 3 is 1.95 bits per heavy atom. The maximum Gasteiger partial charge on any atom is 0.193 e. The van der Waals surface area contributed by atoms with Gasteiger partial charge in [-0.3, -0.25) is 4.79 Å². The van der Waals surface area contributed by atoms with Crippen molar-refractivity contribution in [2.75, 3.05) is 0 Å². The third-order valence-corrected chi connectivity index (χ3v) is 2.99. The average molecular weight is 264 g/mol. The molecule has 0 aliphatic heterocycles. The van der Waals surface area contributed by atoms with Gasteiger partial charge in [0.25, 0.3) is 0 Å². The van der Waals surface area contributed by atoms with Gasteiger partial charge in [-0.15, -0.1) is 6.58 Å². The zero-order chi connectivity index (χ0) is 14.4. The van der Waals surface area contributed by atoms with Crippen molar-refractivity contribution in [3.05, 3.63) is 90.0 Å². The van der Waals surface area contributed by atoms with E-state index in [9.17, 15) is 9.90 Å². The smallest absolute Gasteiger partial charge is 0.193 e. The minimum atomic E-state index is -0.174. The van der Waals surface area contributed by atoms with Gasteiger partial charge in [-0.1, -0.05) is 66.7 Å². The van der Waals surface area contributed by atoms with E-state index in [4.69, 9.17) is 0 Å². The van der Waals surface area contributed by atoms with Gasteiger partial charge < -0.3 is 5.11 Å². The van der Waals surface area contributed by atoms with Crippen LogP contribution in [-0.2, 0) is 0 Å². The summed E-state index contributed by atoms with van der Waals surface area (Å²) in [6.07, 6.45) is 1.95. The van der Waals surface area contributed by atoms with Crippen molar-refractivity contribution in [3.63, 3.8) is 0 Å². The molecule has 2 heteroatoms. The fourth-order valence-corrected chi connectivity index (χ4v) is 1.98. The van der Waals surface area contributed by atoms with E-state index in [1.807, 2.05) is 24.3 Å². The molecule has 0 saturated heterocycles. The molecule has 20 heavy (non-hydrogen) atoms. The first kappa shape index (κ1) is 13.8. The zero-order valence-corrected chi connectivity index (χ0v) is 11.1. The maximum atomic E-state index is 12.5. The molecule has 0 heterocycles. The molecule has 100 valence electrons. The lowest BCUT2D eigenvalue weighted by atomic mass is 9.97. The van der Waals surface area contributed by atoms with Crippen molar-refractivity contribution < 1.29 is 9.90 Å². The average Bonchev–Trinajstić information content (AvgIpc) is 2.53. The van der Waals surface area contributed by atoms with Crippen molar-refractivity contribution in [2.24, 2.45) is 0 Å². The van der Waals surface area contributed by atoms with E-state index in [-0.39, 0.29) is 11.5 Å². The number of aliphatic hydroxyl groups excluding tert-OH is 1. The largest absolute Gasteiger partial charge is 0.507 e. The van der Waals surface area contributed by atoms with Crippen molar-refractivity contribution in [3.8, 4) is 0 Å². The molecular formula is C18H16O2. The Balaban J connectivity index is 2.46. The van der Waals surface area contributed by atoms with Crippen LogP contribution in [0.5, 0.6) is 0 Å². The van der Waals surface area contributed by atoms with Crippen LogP contribution in [-0.4, -0.2) is 10.9 Å². The van der Waals surface area contributed by atoms with Crippen LogP contribution < -0.4 is 0 Å². The molecule has 0 unspecified atom stereocenters. The van der Waals surface area contributed by atoms with Gasteiger partial charge in [-0.25, -0.2) is 0 Å². The van der Waals surface area contributed by atoms with Crippen LogP contribution >= 0.6 is 0 Å². The Kier molecular flexibility index (Phi) is 4.51. The topological polar surface area (TPSA) is 37.3 Å². The quantitative estimate of drug-likeness (QED) is 0.376. The zero-order valence-electron chi connectivity index (χ0n) is 11.1. The monoisotopic (exact) mass is 264 g/mol. The van der Waals surface area contributed by atoms with Crippen molar-refractivity contribution in [1.82, 2.24) is 0 Å². The molecule has 0 saturated carbocycles. The molecule has 0 atom stereocenters. The summed E-state index contributed by atoms with van der Waals surface area (Å²) >= 11 is 0. The minimum absolute atomic E-state index is 0.0133. The Labute approximate surface area is 118 Å². The van der Waals surface area contributed by atoms with Crippen LogP contribution in [0.4, 0.5) is 0 Å². The predicted octanol–water partition coefficient (Wildman–Crippen LogP) is 4.41. The second-order valence-electron chi connectivity index (χ2n) is 4.38. The van der Waals surface area contributed by atoms with Crippen molar-refractivity contribution in [1.29, 1.82) is 0 Å². The van der Waals surface area contributed by atoms with Crippen LogP contribution in [0.3, 0.4) is 0 Å². The lowest BCUT2D eigenvalue weighted by Crippen LogP contribution is -2.06. The first-order valence-electron chi connectivity index (χ1n) is 6.42. The molecular weight excluding hydrogens is 248 g/mol. The highest BCUT2D eigenvalue weighted by molar-refractivity contribution is 6.12. The third kappa shape index (κ3) is 3.04. The summed E-state index contributed by atoms with van der Waals surface area (Å²) in [5, 5.41) is 10.4. The first-order valence-corrected chi connectivity index (χ1v) is 6.42. The molecule has 2 rings (SSSR count). The summed E-state index contributed by atoms with van der Waals surface area (Å²) in [5.74, 6) is -0.161. The molecule has 0 spiro atoms. The molecule has 0 aliphatic carbocycles. The fraction of sp³-hybridized carbons (Fsp3) is 0.0556. The molecule has 2 aromatic carbocycles. The number of carbonyl (C=O) groups excluding carboxylic acids is 1. The van der Waals surface area contributed by atoms with E-state index in [0.717, 1.165) is 0 Å². The summed E-state index contributed by atoms with van der Waals surface area (Å²) in [7, 11) is 0. The number of hydrogen-bond acceptors (Lipinski definition) is 2. The summed E-state index contributed by atoms with van der Waals surface area (Å²) in [6.45, 7) is 3.66. The SMILES string of the molecule is C=CCC(C(=O)c1ccccc1)=C(O)c1ccccc1. The normalized spacial score (nSPS) is 11.6. The summed E-state index contributed by atoms with van der Waals surface area (Å²) in [4.78, 5) is 12.5. The first-order chi connectivity index (χ1) is 9.74. The minimum Gasteiger partial charge on any atom is -0.507 e. The van der Waals surface area contributed by atoms with E-state index >= 15 is 0 Å². The summed E-state index contributed by atoms with van der Waals surface area (Å²) in [5.41, 5.74) is 1.55. The molecule has 2 aromatic rings. The summed E-state index contributed by atoms with van der Waals surface area (Å²) < 4.78 is 0. The van der Waals surface area contributed by atoms with Crippen LogP contribution in [0.1, 0.15) is 22.3 Å². The highest BCUT2D eigenvalue weighted by atomic mass is 16.3. The van der Waals surface area contributed by atoms with Gasteiger partial charge in [0.05, 0.1) is 0 Å². The fourth-order valence-electron chi connectivity index (χ4n) is 1.98. The Bertz CT molecular complexity index is 625. The van der Waals surface area contributed by atoms with Gasteiger partial charge >= 0.3 is 0 Å². The van der Waals surface area contributed by atoms with Gasteiger partial charge in [0.2, 0.25) is 0 Å². The van der Waals surface area contributed by atoms with Crippen molar-refractivity contribution >= 4 is 11.5 Å². The van der Waals surface area contributed by atoms with E-state index in [0.29, 0.717) is 23.1 Å². The van der Waals surface area contributed by atoms with Gasteiger partial charge in [0.1, 0.15) is 5.76 Å². The molecule has 0 radical (unpaired) electrons. The maximum absolute atomic E-state index is 12.5. The number of allylic oxidation sites excluding steroid dienone is 2. The molecule has 0 fully saturated rings. The number of Topliss-reactive ketones (excluding diaryl/α,β-unsaturated/α-hetero) is 1. The predicted molar refractivity (Wildman–Crippen MR) is 81.6 cm³/mol. The molecule has 0 amide bonds. The van der Waals surface area contributed by atoms with Crippen LogP contribution in [0.15, 0.2) is 78.9 Å². The Hall–Kier alpha value is -2.61. The Morgan fingerprint density at radius 1 is 0.950 bits per heavy atom. The molecule has 0 aliphatic rings. The number of ketones is 1. The van der Waals surface area contributed by atoms with E-state index in [1.165, 1.54) is 0 Å². The number of benzene rings is 2. The second kappa shape index (κ2) is 6.53. The van der Waals surface area contributed by atoms with E-state index in [2.05, 4.69) is 6.58 Å². The molecule has 2 nitrogen and oxygen atoms in total. The van der Waals surface area contributed by atoms with Crippen LogP contribution in [0, 0.1) is 0 Å². The van der Waals surface area contributed by atoms with Gasteiger partial charge in [-0.05, 0) is 6.42 Å². The molecule has 0 aromatic heterocycles. The number of rotatable bonds is 5. The van der Waals surface area contributed by atoms with Gasteiger partial charge in [-0.2, -0.15) is 0 Å². The molecule has 1 N–H and O–H groups in total. The van der Waals surface area contributed by atoms with Gasteiger partial charge in [0, 0.05) is 16.7 Å². The number of aliphatic hydroxyl groups is 1.